The summed E-state index contributed by atoms with van der Waals surface area (Å²) in [4.78, 5) is 7.96. The van der Waals surface area contributed by atoms with Gasteiger partial charge in [0.15, 0.2) is 0 Å². The van der Waals surface area contributed by atoms with Gasteiger partial charge in [0.25, 0.3) is 0 Å². The molecule has 0 aliphatic carbocycles. The Hall–Kier alpha value is -0.200. The maximum Gasteiger partial charge on any atom is 0.130 e. The summed E-state index contributed by atoms with van der Waals surface area (Å²) in [6, 6.07) is 1.07. The number of unbranched alkanes of at least 4 members (excludes halogenated alkanes) is 1. The molecule has 0 aromatic heterocycles. The molecular formula is C26H59N5. The first-order chi connectivity index (χ1) is 14.7. The number of rotatable bonds is 19. The van der Waals surface area contributed by atoms with Crippen molar-refractivity contribution in [3.8, 4) is 0 Å². The van der Waals surface area contributed by atoms with Crippen LogP contribution in [0.25, 0.3) is 0 Å². The molecule has 0 saturated carbocycles. The second kappa shape index (κ2) is 16.4. The van der Waals surface area contributed by atoms with Crippen LogP contribution in [0.15, 0.2) is 0 Å². The van der Waals surface area contributed by atoms with Crippen molar-refractivity contribution in [3.63, 3.8) is 0 Å². The van der Waals surface area contributed by atoms with E-state index in [0.717, 1.165) is 32.7 Å². The average molecular weight is 442 g/mol. The third-order valence-corrected chi connectivity index (χ3v) is 6.56. The molecule has 5 nitrogen and oxygen atoms in total. The van der Waals surface area contributed by atoms with Gasteiger partial charge in [-0.05, 0) is 87.0 Å². The molecule has 0 spiro atoms. The Morgan fingerprint density at radius 3 is 1.45 bits per heavy atom. The van der Waals surface area contributed by atoms with E-state index in [2.05, 4.69) is 101 Å². The predicted octanol–water partition coefficient (Wildman–Crippen LogP) is 5.58. The zero-order chi connectivity index (χ0) is 24.0. The van der Waals surface area contributed by atoms with Gasteiger partial charge in [-0.3, -0.25) is 14.7 Å². The van der Waals surface area contributed by atoms with E-state index in [4.69, 9.17) is 0 Å². The Morgan fingerprint density at radius 2 is 1.10 bits per heavy atom. The molecular weight excluding hydrogens is 382 g/mol. The van der Waals surface area contributed by atoms with Crippen LogP contribution in [-0.4, -0.2) is 96.0 Å². The Morgan fingerprint density at radius 1 is 0.613 bits per heavy atom. The van der Waals surface area contributed by atoms with Crippen LogP contribution >= 0.6 is 0 Å². The zero-order valence-corrected chi connectivity index (χ0v) is 23.4. The molecule has 0 radical (unpaired) electrons. The molecule has 0 aromatic rings. The molecule has 0 fully saturated rings. The Balaban J connectivity index is 5.80. The zero-order valence-electron chi connectivity index (χ0n) is 23.4. The van der Waals surface area contributed by atoms with Crippen LogP contribution in [-0.2, 0) is 0 Å². The summed E-state index contributed by atoms with van der Waals surface area (Å²) >= 11 is 0. The van der Waals surface area contributed by atoms with E-state index in [0.29, 0.717) is 12.1 Å². The quantitative estimate of drug-likeness (QED) is 0.191. The van der Waals surface area contributed by atoms with E-state index >= 15 is 0 Å². The molecule has 1 unspecified atom stereocenters. The molecule has 188 valence electrons. The first kappa shape index (κ1) is 30.8. The van der Waals surface area contributed by atoms with Gasteiger partial charge in [-0.15, -0.1) is 0 Å². The van der Waals surface area contributed by atoms with Gasteiger partial charge in [-0.25, -0.2) is 10.0 Å². The molecule has 0 bridgehead atoms. The van der Waals surface area contributed by atoms with Crippen LogP contribution in [0.3, 0.4) is 0 Å². The van der Waals surface area contributed by atoms with Crippen molar-refractivity contribution in [3.05, 3.63) is 0 Å². The second-order valence-corrected chi connectivity index (χ2v) is 9.81. The van der Waals surface area contributed by atoms with Gasteiger partial charge in [0.1, 0.15) is 5.79 Å². The van der Waals surface area contributed by atoms with Gasteiger partial charge < -0.3 is 0 Å². The van der Waals surface area contributed by atoms with E-state index in [1.807, 2.05) is 0 Å². The highest BCUT2D eigenvalue weighted by atomic mass is 15.6. The van der Waals surface area contributed by atoms with Crippen LogP contribution in [0.2, 0.25) is 0 Å². The first-order valence-electron chi connectivity index (χ1n) is 13.4. The minimum atomic E-state index is -0.00750. The summed E-state index contributed by atoms with van der Waals surface area (Å²) < 4.78 is 0. The fourth-order valence-corrected chi connectivity index (χ4v) is 5.48. The lowest BCUT2D eigenvalue weighted by Crippen LogP contribution is -2.68. The highest BCUT2D eigenvalue weighted by Crippen LogP contribution is 2.30. The molecule has 0 aliphatic heterocycles. The number of hydrogen-bond acceptors (Lipinski definition) is 5. The fourth-order valence-electron chi connectivity index (χ4n) is 5.48. The lowest BCUT2D eigenvalue weighted by atomic mass is 10.0. The largest absolute Gasteiger partial charge is 0.279 e. The fraction of sp³-hybridized carbons (Fsp3) is 1.00. The summed E-state index contributed by atoms with van der Waals surface area (Å²) in [6.07, 6.45) is 7.31. The maximum atomic E-state index is 2.76. The van der Waals surface area contributed by atoms with Gasteiger partial charge in [-0.1, -0.05) is 41.0 Å². The summed E-state index contributed by atoms with van der Waals surface area (Å²) in [6.45, 7) is 27.7. The minimum Gasteiger partial charge on any atom is -0.279 e. The lowest BCUT2D eigenvalue weighted by molar-refractivity contribution is -0.159. The first-order valence-corrected chi connectivity index (χ1v) is 13.4. The number of nitrogens with zero attached hydrogens (tertiary/aromatic N) is 5. The van der Waals surface area contributed by atoms with E-state index < -0.39 is 0 Å². The van der Waals surface area contributed by atoms with Gasteiger partial charge >= 0.3 is 0 Å². The lowest BCUT2D eigenvalue weighted by Gasteiger charge is -2.55. The summed E-state index contributed by atoms with van der Waals surface area (Å²) in [5, 5.41) is 5.27. The molecule has 0 saturated heterocycles. The van der Waals surface area contributed by atoms with Crippen molar-refractivity contribution >= 4 is 0 Å². The minimum absolute atomic E-state index is 0.00750. The van der Waals surface area contributed by atoms with E-state index in [9.17, 15) is 0 Å². The monoisotopic (exact) mass is 441 g/mol. The van der Waals surface area contributed by atoms with Gasteiger partial charge in [-0.2, -0.15) is 0 Å². The highest BCUT2D eigenvalue weighted by molar-refractivity contribution is 4.88. The van der Waals surface area contributed by atoms with Crippen molar-refractivity contribution in [1.29, 1.82) is 0 Å². The third-order valence-electron chi connectivity index (χ3n) is 6.56. The van der Waals surface area contributed by atoms with Crippen LogP contribution in [0, 0.1) is 0 Å². The van der Waals surface area contributed by atoms with E-state index in [1.165, 1.54) is 45.1 Å². The molecule has 0 N–H and O–H groups in total. The summed E-state index contributed by atoms with van der Waals surface area (Å²) in [7, 11) is 4.58. The van der Waals surface area contributed by atoms with Crippen molar-refractivity contribution in [1.82, 2.24) is 24.7 Å². The smallest absolute Gasteiger partial charge is 0.130 e. The molecule has 0 heterocycles. The summed E-state index contributed by atoms with van der Waals surface area (Å²) in [5.74, 6) is -0.00750. The molecule has 0 aromatic carbocycles. The SMILES string of the molecule is CCCCN(CCCC(N(C)C)(N(CC)CC)N(CCC)CCC)N(C(C)C)C(C)C. The Kier molecular flexibility index (Phi) is 16.3. The molecule has 1 atom stereocenters. The van der Waals surface area contributed by atoms with Crippen molar-refractivity contribution < 1.29 is 0 Å². The maximum absolute atomic E-state index is 2.76. The average Bonchev–Trinajstić information content (AvgIpc) is 2.70. The molecule has 0 amide bonds. The topological polar surface area (TPSA) is 16.2 Å². The Bertz CT molecular complexity index is 408. The van der Waals surface area contributed by atoms with Crippen molar-refractivity contribution in [2.75, 3.05) is 53.4 Å². The van der Waals surface area contributed by atoms with Crippen molar-refractivity contribution in [2.45, 2.75) is 119 Å². The predicted molar refractivity (Wildman–Crippen MR) is 139 cm³/mol. The summed E-state index contributed by atoms with van der Waals surface area (Å²) in [5.41, 5.74) is 0. The van der Waals surface area contributed by atoms with Gasteiger partial charge in [0.05, 0.1) is 0 Å². The van der Waals surface area contributed by atoms with Crippen LogP contribution in [0.5, 0.6) is 0 Å². The normalized spacial score (nSPS) is 14.9. The van der Waals surface area contributed by atoms with E-state index in [1.54, 1.807) is 0 Å². The van der Waals surface area contributed by atoms with Crippen LogP contribution in [0.4, 0.5) is 0 Å². The van der Waals surface area contributed by atoms with Gasteiger partial charge in [0, 0.05) is 38.3 Å². The van der Waals surface area contributed by atoms with Crippen molar-refractivity contribution in [2.24, 2.45) is 0 Å². The highest BCUT2D eigenvalue weighted by Gasteiger charge is 2.42. The molecule has 0 aliphatic rings. The van der Waals surface area contributed by atoms with Crippen LogP contribution < -0.4 is 0 Å². The molecule has 5 heteroatoms. The number of hydrazine groups is 1. The number of hydrogen-bond donors (Lipinski definition) is 0. The standard InChI is InChI=1S/C26H59N5/c1-12-17-22-30(31(24(6)7)25(8)9)23-18-19-26(27(10)11,28(15-4)16-5)29(20-13-2)21-14-3/h24-25H,12-23H2,1-11H3. The van der Waals surface area contributed by atoms with Crippen LogP contribution in [0.1, 0.15) is 101 Å². The molecule has 0 rings (SSSR count). The third kappa shape index (κ3) is 8.92. The Labute approximate surface area is 197 Å². The second-order valence-electron chi connectivity index (χ2n) is 9.81. The molecule has 31 heavy (non-hydrogen) atoms. The van der Waals surface area contributed by atoms with E-state index in [-0.39, 0.29) is 5.79 Å². The van der Waals surface area contributed by atoms with Gasteiger partial charge in [0.2, 0.25) is 0 Å².